The Hall–Kier alpha value is -0.990. The summed E-state index contributed by atoms with van der Waals surface area (Å²) >= 11 is 0. The Morgan fingerprint density at radius 2 is 1.80 bits per heavy atom. The zero-order valence-corrected chi connectivity index (χ0v) is 19.4. The Bertz CT molecular complexity index is 674. The van der Waals surface area contributed by atoms with Crippen molar-refractivity contribution in [3.8, 4) is 0 Å². The van der Waals surface area contributed by atoms with Crippen LogP contribution in [0.15, 0.2) is 12.7 Å². The summed E-state index contributed by atoms with van der Waals surface area (Å²) in [6.45, 7) is 15.5. The van der Waals surface area contributed by atoms with Crippen LogP contribution in [-0.2, 0) is 14.3 Å². The molecule has 30 heavy (non-hydrogen) atoms. The van der Waals surface area contributed by atoms with E-state index in [1.807, 2.05) is 13.8 Å². The summed E-state index contributed by atoms with van der Waals surface area (Å²) in [5, 5.41) is 44.3. The molecule has 0 spiro atoms. The summed E-state index contributed by atoms with van der Waals surface area (Å²) in [6, 6.07) is 0. The highest BCUT2D eigenvalue weighted by Crippen LogP contribution is 2.65. The minimum atomic E-state index is -1.71. The van der Waals surface area contributed by atoms with Gasteiger partial charge in [0, 0.05) is 31.3 Å². The molecule has 7 heteroatoms. The first kappa shape index (κ1) is 25.3. The van der Waals surface area contributed by atoms with Crippen molar-refractivity contribution < 1.29 is 34.7 Å². The van der Waals surface area contributed by atoms with Gasteiger partial charge in [-0.15, -0.1) is 6.58 Å². The molecule has 2 rings (SSSR count). The average molecular weight is 429 g/mol. The Morgan fingerprint density at radius 3 is 2.27 bits per heavy atom. The van der Waals surface area contributed by atoms with Crippen molar-refractivity contribution in [2.24, 2.45) is 16.7 Å². The number of rotatable bonds is 6. The smallest absolute Gasteiger partial charge is 0.303 e. The van der Waals surface area contributed by atoms with Crippen LogP contribution in [-0.4, -0.2) is 68.1 Å². The van der Waals surface area contributed by atoms with Crippen molar-refractivity contribution in [1.29, 1.82) is 0 Å². The lowest BCUT2D eigenvalue weighted by Gasteiger charge is -2.69. The summed E-state index contributed by atoms with van der Waals surface area (Å²) < 4.78 is 12.0. The van der Waals surface area contributed by atoms with Gasteiger partial charge < -0.3 is 29.9 Å². The molecule has 8 atom stereocenters. The second-order valence-corrected chi connectivity index (χ2v) is 10.6. The van der Waals surface area contributed by atoms with E-state index in [9.17, 15) is 25.2 Å². The van der Waals surface area contributed by atoms with Crippen LogP contribution in [0.1, 0.15) is 67.7 Å². The van der Waals surface area contributed by atoms with Gasteiger partial charge in [0.2, 0.25) is 0 Å². The zero-order chi connectivity index (χ0) is 23.3. The van der Waals surface area contributed by atoms with Gasteiger partial charge in [0.15, 0.2) is 6.10 Å². The molecule has 0 aromatic rings. The minimum absolute atomic E-state index is 0.183. The highest BCUT2D eigenvalue weighted by atomic mass is 16.6. The van der Waals surface area contributed by atoms with Crippen LogP contribution < -0.4 is 0 Å². The largest absolute Gasteiger partial charge is 0.457 e. The molecule has 2 saturated carbocycles. The van der Waals surface area contributed by atoms with Crippen LogP contribution in [0.4, 0.5) is 0 Å². The van der Waals surface area contributed by atoms with Gasteiger partial charge in [0.25, 0.3) is 0 Å². The summed E-state index contributed by atoms with van der Waals surface area (Å²) in [7, 11) is 0. The molecule has 0 aliphatic heterocycles. The number of hydrogen-bond acceptors (Lipinski definition) is 7. The number of aliphatic hydroxyl groups is 4. The van der Waals surface area contributed by atoms with E-state index < -0.39 is 57.8 Å². The topological polar surface area (TPSA) is 116 Å². The number of fused-ring (bicyclic) bond motifs is 1. The summed E-state index contributed by atoms with van der Waals surface area (Å²) in [5.74, 6) is -1.16. The highest BCUT2D eigenvalue weighted by molar-refractivity contribution is 5.66. The second-order valence-electron chi connectivity index (χ2n) is 10.6. The maximum Gasteiger partial charge on any atom is 0.303 e. The standard InChI is InChI=1S/C23H40O7/c1-9-20(5,12-13-24)30-22(7)18(29-14(2)25)16(27)17-19(3,4)11-10-15(26)21(17,6)23(22,8)28/h9,15-18,24,26-28H,1,10-13H2,2-8H3/t15-,16-,17-,18-,20-,21-,22+,23-/m0/s1. The van der Waals surface area contributed by atoms with Crippen LogP contribution in [0.5, 0.6) is 0 Å². The third-order valence-electron chi connectivity index (χ3n) is 8.23. The molecular formula is C23H40O7. The first-order valence-corrected chi connectivity index (χ1v) is 10.7. The SMILES string of the molecule is C=C[C@@](C)(CCO)O[C@]1(C)[C@@H](OC(C)=O)[C@@H](O)[C@H]2C(C)(C)CC[C@H](O)[C@]2(C)[C@]1(C)O. The van der Waals surface area contributed by atoms with Crippen LogP contribution in [0.2, 0.25) is 0 Å². The number of hydrogen-bond donors (Lipinski definition) is 4. The number of ether oxygens (including phenoxy) is 2. The van der Waals surface area contributed by atoms with E-state index in [0.717, 1.165) is 0 Å². The number of carbonyl (C=O) groups is 1. The number of esters is 1. The van der Waals surface area contributed by atoms with Crippen molar-refractivity contribution >= 4 is 5.97 Å². The molecule has 0 unspecified atom stereocenters. The normalized spacial score (nSPS) is 45.2. The Morgan fingerprint density at radius 1 is 1.23 bits per heavy atom. The van der Waals surface area contributed by atoms with Crippen molar-refractivity contribution in [2.75, 3.05) is 6.61 Å². The fraction of sp³-hybridized carbons (Fsp3) is 0.870. The molecule has 0 heterocycles. The van der Waals surface area contributed by atoms with Gasteiger partial charge in [0.1, 0.15) is 11.2 Å². The predicted molar refractivity (Wildman–Crippen MR) is 113 cm³/mol. The maximum absolute atomic E-state index is 12.1. The molecule has 2 fully saturated rings. The van der Waals surface area contributed by atoms with Gasteiger partial charge in [-0.2, -0.15) is 0 Å². The molecular weight excluding hydrogens is 388 g/mol. The number of carbonyl (C=O) groups excluding carboxylic acids is 1. The molecule has 0 aromatic carbocycles. The van der Waals surface area contributed by atoms with E-state index >= 15 is 0 Å². The first-order chi connectivity index (χ1) is 13.5. The van der Waals surface area contributed by atoms with Gasteiger partial charge in [-0.1, -0.05) is 26.8 Å². The molecule has 174 valence electrons. The quantitative estimate of drug-likeness (QED) is 0.377. The average Bonchev–Trinajstić information content (AvgIpc) is 2.61. The zero-order valence-electron chi connectivity index (χ0n) is 19.4. The third-order valence-corrected chi connectivity index (χ3v) is 8.23. The van der Waals surface area contributed by atoms with E-state index in [1.165, 1.54) is 13.0 Å². The highest BCUT2D eigenvalue weighted by Gasteiger charge is 2.75. The van der Waals surface area contributed by atoms with Crippen LogP contribution in [0.3, 0.4) is 0 Å². The molecule has 0 saturated heterocycles. The molecule has 2 aliphatic rings. The summed E-state index contributed by atoms with van der Waals surface area (Å²) in [5.41, 5.74) is -5.95. The van der Waals surface area contributed by atoms with Crippen molar-refractivity contribution in [2.45, 2.75) is 103 Å². The van der Waals surface area contributed by atoms with Gasteiger partial charge in [-0.25, -0.2) is 0 Å². The van der Waals surface area contributed by atoms with Gasteiger partial charge in [0.05, 0.1) is 17.8 Å². The molecule has 2 aliphatic carbocycles. The van der Waals surface area contributed by atoms with Gasteiger partial charge in [-0.05, 0) is 39.0 Å². The number of aliphatic hydroxyl groups excluding tert-OH is 3. The lowest BCUT2D eigenvalue weighted by molar-refractivity contribution is -0.368. The molecule has 0 radical (unpaired) electrons. The fourth-order valence-corrected chi connectivity index (χ4v) is 6.16. The van der Waals surface area contributed by atoms with Gasteiger partial charge >= 0.3 is 5.97 Å². The molecule has 7 nitrogen and oxygen atoms in total. The predicted octanol–water partition coefficient (Wildman–Crippen LogP) is 1.95. The lowest BCUT2D eigenvalue weighted by atomic mass is 9.41. The summed E-state index contributed by atoms with van der Waals surface area (Å²) in [4.78, 5) is 12.0. The van der Waals surface area contributed by atoms with Crippen molar-refractivity contribution in [1.82, 2.24) is 0 Å². The van der Waals surface area contributed by atoms with E-state index in [1.54, 1.807) is 27.7 Å². The van der Waals surface area contributed by atoms with Crippen LogP contribution in [0, 0.1) is 16.7 Å². The summed E-state index contributed by atoms with van der Waals surface area (Å²) in [6.07, 6.45) is -0.429. The van der Waals surface area contributed by atoms with Gasteiger partial charge in [-0.3, -0.25) is 4.79 Å². The molecule has 4 N–H and O–H groups in total. The Balaban J connectivity index is 2.75. The maximum atomic E-state index is 12.1. The molecule has 0 bridgehead atoms. The second kappa shape index (κ2) is 7.85. The fourth-order valence-electron chi connectivity index (χ4n) is 6.16. The first-order valence-electron chi connectivity index (χ1n) is 10.7. The minimum Gasteiger partial charge on any atom is -0.457 e. The van der Waals surface area contributed by atoms with Crippen LogP contribution >= 0.6 is 0 Å². The Kier molecular flexibility index (Phi) is 6.62. The monoisotopic (exact) mass is 428 g/mol. The van der Waals surface area contributed by atoms with E-state index in [-0.39, 0.29) is 13.0 Å². The van der Waals surface area contributed by atoms with Crippen LogP contribution in [0.25, 0.3) is 0 Å². The van der Waals surface area contributed by atoms with E-state index in [0.29, 0.717) is 12.8 Å². The molecule has 0 amide bonds. The Labute approximate surface area is 180 Å². The molecule has 0 aromatic heterocycles. The van der Waals surface area contributed by atoms with E-state index in [4.69, 9.17) is 9.47 Å². The lowest BCUT2D eigenvalue weighted by Crippen LogP contribution is -2.82. The van der Waals surface area contributed by atoms with Crippen molar-refractivity contribution in [3.63, 3.8) is 0 Å². The van der Waals surface area contributed by atoms with E-state index in [2.05, 4.69) is 6.58 Å². The third kappa shape index (κ3) is 3.52. The van der Waals surface area contributed by atoms with Crippen molar-refractivity contribution in [3.05, 3.63) is 12.7 Å².